The van der Waals surface area contributed by atoms with Crippen LogP contribution < -0.4 is 4.72 Å². The van der Waals surface area contributed by atoms with E-state index in [2.05, 4.69) is 14.7 Å². The highest BCUT2D eigenvalue weighted by atomic mass is 32.2. The zero-order chi connectivity index (χ0) is 19.0. The summed E-state index contributed by atoms with van der Waals surface area (Å²) in [7, 11) is -3.60. The minimum atomic E-state index is -3.60. The van der Waals surface area contributed by atoms with E-state index in [0.717, 1.165) is 25.1 Å². The quantitative estimate of drug-likeness (QED) is 0.703. The molecule has 0 saturated heterocycles. The van der Waals surface area contributed by atoms with Gasteiger partial charge in [-0.2, -0.15) is 0 Å². The molecule has 1 saturated carbocycles. The van der Waals surface area contributed by atoms with Gasteiger partial charge in [-0.1, -0.05) is 6.07 Å². The summed E-state index contributed by atoms with van der Waals surface area (Å²) in [6.45, 7) is 4.50. The van der Waals surface area contributed by atoms with Gasteiger partial charge in [0.15, 0.2) is 0 Å². The molecule has 2 heterocycles. The van der Waals surface area contributed by atoms with Crippen molar-refractivity contribution in [3.63, 3.8) is 0 Å². The number of aryl methyl sites for hydroxylation is 2. The third-order valence-electron chi connectivity index (χ3n) is 4.93. The number of rotatable bonds is 6. The van der Waals surface area contributed by atoms with Crippen molar-refractivity contribution in [3.05, 3.63) is 54.4 Å². The Balaban J connectivity index is 1.46. The molecule has 0 amide bonds. The fourth-order valence-electron chi connectivity index (χ4n) is 3.47. The molecule has 2 aromatic heterocycles. The Morgan fingerprint density at radius 1 is 1.30 bits per heavy atom. The second kappa shape index (κ2) is 6.94. The van der Waals surface area contributed by atoms with Crippen LogP contribution in [0.15, 0.2) is 52.5 Å². The summed E-state index contributed by atoms with van der Waals surface area (Å²) in [5, 5.41) is 0. The predicted octanol–water partition coefficient (Wildman–Crippen LogP) is 2.91. The molecule has 1 fully saturated rings. The third kappa shape index (κ3) is 3.81. The van der Waals surface area contributed by atoms with Crippen molar-refractivity contribution in [3.8, 4) is 11.5 Å². The van der Waals surface area contributed by atoms with Crippen LogP contribution in [0, 0.1) is 19.8 Å². The molecule has 0 atom stereocenters. The van der Waals surface area contributed by atoms with E-state index < -0.39 is 10.0 Å². The molecule has 142 valence electrons. The Labute approximate surface area is 158 Å². The molecule has 27 heavy (non-hydrogen) atoms. The van der Waals surface area contributed by atoms with Crippen LogP contribution in [0.5, 0.6) is 0 Å². The maximum Gasteiger partial charge on any atom is 0.241 e. The first-order valence-corrected chi connectivity index (χ1v) is 10.4. The largest absolute Gasteiger partial charge is 0.444 e. The van der Waals surface area contributed by atoms with Crippen LogP contribution in [-0.4, -0.2) is 29.0 Å². The van der Waals surface area contributed by atoms with Crippen molar-refractivity contribution in [1.82, 2.24) is 19.3 Å². The first-order valence-electron chi connectivity index (χ1n) is 8.92. The van der Waals surface area contributed by atoms with Crippen LogP contribution in [0.1, 0.15) is 24.1 Å². The zero-order valence-electron chi connectivity index (χ0n) is 15.3. The van der Waals surface area contributed by atoms with Crippen LogP contribution in [0.2, 0.25) is 0 Å². The van der Waals surface area contributed by atoms with E-state index in [1.165, 1.54) is 0 Å². The summed E-state index contributed by atoms with van der Waals surface area (Å²) in [5.74, 6) is 0.891. The van der Waals surface area contributed by atoms with Crippen molar-refractivity contribution in [2.45, 2.75) is 44.2 Å². The minimum absolute atomic E-state index is 0.0319. The number of nitrogens with one attached hydrogen (secondary N) is 1. The Morgan fingerprint density at radius 2 is 2.11 bits per heavy atom. The topological polar surface area (TPSA) is 90.0 Å². The molecule has 1 aromatic carbocycles. The first kappa shape index (κ1) is 17.9. The number of nitrogens with zero attached hydrogens (tertiary/aromatic N) is 3. The summed E-state index contributed by atoms with van der Waals surface area (Å²) in [6, 6.07) is 5.20. The molecule has 0 unspecified atom stereocenters. The maximum atomic E-state index is 12.9. The summed E-state index contributed by atoms with van der Waals surface area (Å²) in [5.41, 5.74) is 2.11. The van der Waals surface area contributed by atoms with Crippen molar-refractivity contribution >= 4 is 10.0 Å². The van der Waals surface area contributed by atoms with Gasteiger partial charge in [-0.05, 0) is 50.3 Å². The lowest BCUT2D eigenvalue weighted by Gasteiger charge is -2.35. The van der Waals surface area contributed by atoms with E-state index in [0.29, 0.717) is 22.9 Å². The van der Waals surface area contributed by atoms with Crippen LogP contribution >= 0.6 is 0 Å². The molecule has 3 aromatic rings. The molecule has 7 nitrogen and oxygen atoms in total. The van der Waals surface area contributed by atoms with E-state index in [-0.39, 0.29) is 10.9 Å². The number of hydrogen-bond donors (Lipinski definition) is 1. The van der Waals surface area contributed by atoms with Crippen LogP contribution in [0.25, 0.3) is 11.5 Å². The van der Waals surface area contributed by atoms with Crippen molar-refractivity contribution in [1.29, 1.82) is 0 Å². The molecule has 0 bridgehead atoms. The van der Waals surface area contributed by atoms with Gasteiger partial charge in [0.1, 0.15) is 6.26 Å². The maximum absolute atomic E-state index is 12.9. The highest BCUT2D eigenvalue weighted by Gasteiger charge is 2.33. The fraction of sp³-hybridized carbons (Fsp3) is 0.368. The van der Waals surface area contributed by atoms with Crippen LogP contribution in [0.3, 0.4) is 0 Å². The monoisotopic (exact) mass is 386 g/mol. The van der Waals surface area contributed by atoms with E-state index in [1.54, 1.807) is 37.8 Å². The van der Waals surface area contributed by atoms with Gasteiger partial charge in [-0.15, -0.1) is 0 Å². The van der Waals surface area contributed by atoms with Crippen molar-refractivity contribution < 1.29 is 12.8 Å². The van der Waals surface area contributed by atoms with Crippen LogP contribution in [0.4, 0.5) is 0 Å². The molecule has 0 spiro atoms. The fourth-order valence-corrected chi connectivity index (χ4v) is 5.00. The van der Waals surface area contributed by atoms with Gasteiger partial charge in [-0.3, -0.25) is 0 Å². The number of hydrogen-bond acceptors (Lipinski definition) is 5. The molecule has 1 N–H and O–H groups in total. The van der Waals surface area contributed by atoms with Gasteiger partial charge in [0, 0.05) is 30.5 Å². The Morgan fingerprint density at radius 3 is 2.78 bits per heavy atom. The van der Waals surface area contributed by atoms with E-state index in [4.69, 9.17) is 4.42 Å². The van der Waals surface area contributed by atoms with Gasteiger partial charge >= 0.3 is 0 Å². The molecule has 8 heteroatoms. The Hall–Kier alpha value is -2.45. The Bertz CT molecular complexity index is 1030. The van der Waals surface area contributed by atoms with Gasteiger partial charge < -0.3 is 8.98 Å². The SMILES string of the molecule is Cc1coc(-c2ccc(C)c(S(=O)(=O)NC3CC(Cn4ccnc4)C3)c2)n1. The average molecular weight is 386 g/mol. The minimum Gasteiger partial charge on any atom is -0.444 e. The lowest BCUT2D eigenvalue weighted by Crippen LogP contribution is -2.45. The summed E-state index contributed by atoms with van der Waals surface area (Å²) in [6.07, 6.45) is 8.68. The van der Waals surface area contributed by atoms with Gasteiger partial charge in [0.2, 0.25) is 15.9 Å². The summed E-state index contributed by atoms with van der Waals surface area (Å²) < 4.78 is 36.1. The van der Waals surface area contributed by atoms with Gasteiger partial charge in [0.05, 0.1) is 16.9 Å². The molecule has 1 aliphatic rings. The summed E-state index contributed by atoms with van der Waals surface area (Å²) in [4.78, 5) is 8.59. The van der Waals surface area contributed by atoms with Crippen LogP contribution in [-0.2, 0) is 16.6 Å². The smallest absolute Gasteiger partial charge is 0.241 e. The normalized spacial score (nSPS) is 19.8. The standard InChI is InChI=1S/C19H22N4O3S/c1-13-3-4-16(19-21-14(2)11-26-19)9-18(13)27(24,25)22-17-7-15(8-17)10-23-6-5-20-12-23/h3-6,9,11-12,15,17,22H,7-8,10H2,1-2H3. The number of sulfonamides is 1. The highest BCUT2D eigenvalue weighted by Crippen LogP contribution is 2.31. The number of imidazole rings is 1. The first-order chi connectivity index (χ1) is 12.9. The van der Waals surface area contributed by atoms with Crippen molar-refractivity contribution in [2.75, 3.05) is 0 Å². The highest BCUT2D eigenvalue weighted by molar-refractivity contribution is 7.89. The lowest BCUT2D eigenvalue weighted by molar-refractivity contribution is 0.220. The molecule has 0 radical (unpaired) electrons. The second-order valence-corrected chi connectivity index (χ2v) is 8.87. The average Bonchev–Trinajstić information content (AvgIpc) is 3.24. The zero-order valence-corrected chi connectivity index (χ0v) is 16.1. The van der Waals surface area contributed by atoms with E-state index in [1.807, 2.05) is 23.8 Å². The second-order valence-electron chi connectivity index (χ2n) is 7.19. The van der Waals surface area contributed by atoms with E-state index >= 15 is 0 Å². The lowest BCUT2D eigenvalue weighted by atomic mass is 9.81. The Kier molecular flexibility index (Phi) is 4.61. The molecular formula is C19H22N4O3S. The molecule has 1 aliphatic carbocycles. The summed E-state index contributed by atoms with van der Waals surface area (Å²) >= 11 is 0. The molecular weight excluding hydrogens is 364 g/mol. The predicted molar refractivity (Wildman–Crippen MR) is 100 cm³/mol. The number of oxazole rings is 1. The molecule has 0 aliphatic heterocycles. The van der Waals surface area contributed by atoms with Crippen molar-refractivity contribution in [2.24, 2.45) is 5.92 Å². The van der Waals surface area contributed by atoms with Gasteiger partial charge in [-0.25, -0.2) is 23.1 Å². The number of aromatic nitrogens is 3. The van der Waals surface area contributed by atoms with Gasteiger partial charge in [0.25, 0.3) is 0 Å². The van der Waals surface area contributed by atoms with E-state index in [9.17, 15) is 8.42 Å². The number of benzene rings is 1. The third-order valence-corrected chi connectivity index (χ3v) is 6.59. The molecule has 4 rings (SSSR count).